The van der Waals surface area contributed by atoms with Crippen molar-refractivity contribution in [3.63, 3.8) is 0 Å². The minimum atomic E-state index is -1.10. The molecular formula is C31H34O11. The molecule has 3 aromatic rings. The number of phenolic OH excluding ortho intramolecular Hbond substituents is 3. The molecule has 0 aliphatic heterocycles. The van der Waals surface area contributed by atoms with Crippen LogP contribution in [0, 0.1) is 0 Å². The zero-order valence-corrected chi connectivity index (χ0v) is 23.5. The second-order valence-corrected chi connectivity index (χ2v) is 9.62. The maximum atomic E-state index is 12.1. The van der Waals surface area contributed by atoms with Crippen LogP contribution in [0.25, 0.3) is 0 Å². The summed E-state index contributed by atoms with van der Waals surface area (Å²) < 4.78 is 34.3. The molecule has 11 nitrogen and oxygen atoms in total. The van der Waals surface area contributed by atoms with Crippen molar-refractivity contribution in [2.75, 3.05) is 21.3 Å². The summed E-state index contributed by atoms with van der Waals surface area (Å²) in [5.74, 6) is -0.292. The fraction of sp³-hybridized carbons (Fsp3) is 0.323. The molecule has 0 aromatic heterocycles. The number of ether oxygens (including phenoxy) is 6. The summed E-state index contributed by atoms with van der Waals surface area (Å²) >= 11 is 0. The van der Waals surface area contributed by atoms with Gasteiger partial charge in [0, 0.05) is 12.0 Å². The molecule has 0 saturated heterocycles. The molecule has 0 radical (unpaired) electrons. The van der Waals surface area contributed by atoms with Crippen molar-refractivity contribution in [2.45, 2.75) is 44.6 Å². The Morgan fingerprint density at radius 3 is 1.55 bits per heavy atom. The normalized spacial score (nSPS) is 18.3. The topological polar surface area (TPSA) is 153 Å². The van der Waals surface area contributed by atoms with Gasteiger partial charge in [-0.05, 0) is 59.2 Å². The largest absolute Gasteiger partial charge is 0.504 e. The van der Waals surface area contributed by atoms with Gasteiger partial charge in [-0.25, -0.2) is 4.79 Å². The minimum Gasteiger partial charge on any atom is -0.504 e. The van der Waals surface area contributed by atoms with Crippen molar-refractivity contribution in [2.24, 2.45) is 0 Å². The lowest BCUT2D eigenvalue weighted by Crippen LogP contribution is -2.45. The number of carbonyl (C=O) groups is 1. The standard InChI is InChI=1S/C31H34O11/c1-37-25-10-18(4-7-22(25)32)15-40-28-13-21(31(35)36)14-29(41-16-19-5-8-23(33)26(11-19)38-2)30(28)42-17-20-6-9-24(34)27(12-20)39-3/h4-13,28-30,32-34H,14-17H2,1-3H3,(H,35,36)/t28-,29-,30-/m1/s1. The molecule has 4 N–H and O–H groups in total. The van der Waals surface area contributed by atoms with E-state index in [-0.39, 0.29) is 66.3 Å². The number of aliphatic carboxylic acids is 1. The smallest absolute Gasteiger partial charge is 0.331 e. The van der Waals surface area contributed by atoms with Crippen molar-refractivity contribution in [3.8, 4) is 34.5 Å². The van der Waals surface area contributed by atoms with Gasteiger partial charge in [0.05, 0.1) is 47.3 Å². The lowest BCUT2D eigenvalue weighted by atomic mass is 9.91. The second-order valence-electron chi connectivity index (χ2n) is 9.62. The van der Waals surface area contributed by atoms with Crippen LogP contribution in [0.15, 0.2) is 66.2 Å². The number of hydrogen-bond acceptors (Lipinski definition) is 10. The Labute approximate surface area is 243 Å². The summed E-state index contributed by atoms with van der Waals surface area (Å²) in [6.07, 6.45) is -0.694. The van der Waals surface area contributed by atoms with Crippen LogP contribution in [0.5, 0.6) is 34.5 Å². The van der Waals surface area contributed by atoms with Crippen LogP contribution < -0.4 is 14.2 Å². The monoisotopic (exact) mass is 582 g/mol. The SMILES string of the molecule is COc1cc(CO[C@@H]2[C@H](OCc3ccc(O)c(OC)c3)C=C(C(=O)O)C[C@H]2OCc2ccc(O)c(OC)c2)ccc1O. The third-order valence-electron chi connectivity index (χ3n) is 6.83. The Hall–Kier alpha value is -4.45. The molecule has 3 aromatic carbocycles. The van der Waals surface area contributed by atoms with Gasteiger partial charge in [0.15, 0.2) is 34.5 Å². The molecule has 42 heavy (non-hydrogen) atoms. The molecule has 0 unspecified atom stereocenters. The van der Waals surface area contributed by atoms with Crippen molar-refractivity contribution >= 4 is 5.97 Å². The number of hydrogen-bond donors (Lipinski definition) is 4. The molecule has 3 atom stereocenters. The third kappa shape index (κ3) is 7.43. The molecule has 0 spiro atoms. The van der Waals surface area contributed by atoms with Crippen molar-refractivity contribution in [3.05, 3.63) is 82.9 Å². The average molecular weight is 583 g/mol. The number of aromatic hydroxyl groups is 3. The van der Waals surface area contributed by atoms with Gasteiger partial charge >= 0.3 is 5.97 Å². The Kier molecular flexibility index (Phi) is 10.1. The highest BCUT2D eigenvalue weighted by Gasteiger charge is 2.38. The summed E-state index contributed by atoms with van der Waals surface area (Å²) in [5, 5.41) is 39.7. The van der Waals surface area contributed by atoms with Gasteiger partial charge in [-0.3, -0.25) is 0 Å². The highest BCUT2D eigenvalue weighted by atomic mass is 16.6. The fourth-order valence-electron chi connectivity index (χ4n) is 4.59. The zero-order chi connectivity index (χ0) is 30.2. The second kappa shape index (κ2) is 13.9. The molecule has 0 saturated carbocycles. The van der Waals surface area contributed by atoms with Crippen LogP contribution in [0.4, 0.5) is 0 Å². The Morgan fingerprint density at radius 2 is 1.12 bits per heavy atom. The van der Waals surface area contributed by atoms with Crippen molar-refractivity contribution < 1.29 is 53.6 Å². The van der Waals surface area contributed by atoms with Crippen LogP contribution in [0.3, 0.4) is 0 Å². The highest BCUT2D eigenvalue weighted by Crippen LogP contribution is 2.33. The van der Waals surface area contributed by atoms with Gasteiger partial charge in [0.2, 0.25) is 0 Å². The number of carboxylic acid groups (broad SMARTS) is 1. The Bertz CT molecular complexity index is 1420. The summed E-state index contributed by atoms with van der Waals surface area (Å²) in [6.45, 7) is 0.250. The molecule has 11 heteroatoms. The minimum absolute atomic E-state index is 0.0102. The first kappa shape index (κ1) is 30.5. The van der Waals surface area contributed by atoms with Gasteiger partial charge in [0.1, 0.15) is 12.2 Å². The van der Waals surface area contributed by atoms with E-state index in [1.165, 1.54) is 45.6 Å². The van der Waals surface area contributed by atoms with E-state index >= 15 is 0 Å². The predicted molar refractivity (Wildman–Crippen MR) is 150 cm³/mol. The van der Waals surface area contributed by atoms with Crippen LogP contribution in [0.2, 0.25) is 0 Å². The average Bonchev–Trinajstić information content (AvgIpc) is 2.99. The molecule has 224 valence electrons. The van der Waals surface area contributed by atoms with E-state index < -0.39 is 24.3 Å². The third-order valence-corrected chi connectivity index (χ3v) is 6.83. The Morgan fingerprint density at radius 1 is 0.690 bits per heavy atom. The summed E-state index contributed by atoms with van der Waals surface area (Å²) in [6, 6.07) is 14.4. The predicted octanol–water partition coefficient (Wildman–Crippen LogP) is 4.30. The molecular weight excluding hydrogens is 548 g/mol. The molecule has 0 fully saturated rings. The lowest BCUT2D eigenvalue weighted by Gasteiger charge is -2.36. The van der Waals surface area contributed by atoms with E-state index in [0.29, 0.717) is 16.7 Å². The summed E-state index contributed by atoms with van der Waals surface area (Å²) in [4.78, 5) is 12.1. The van der Waals surface area contributed by atoms with Crippen LogP contribution in [0.1, 0.15) is 23.1 Å². The molecule has 4 rings (SSSR count). The van der Waals surface area contributed by atoms with E-state index in [1.54, 1.807) is 36.4 Å². The number of benzene rings is 3. The van der Waals surface area contributed by atoms with Crippen LogP contribution in [-0.2, 0) is 38.8 Å². The van der Waals surface area contributed by atoms with Crippen molar-refractivity contribution in [1.82, 2.24) is 0 Å². The number of phenols is 3. The molecule has 0 amide bonds. The van der Waals surface area contributed by atoms with Crippen molar-refractivity contribution in [1.29, 1.82) is 0 Å². The molecule has 1 aliphatic rings. The molecule has 0 bridgehead atoms. The van der Waals surface area contributed by atoms with Gasteiger partial charge in [-0.1, -0.05) is 18.2 Å². The van der Waals surface area contributed by atoms with Gasteiger partial charge in [-0.2, -0.15) is 0 Å². The first-order chi connectivity index (χ1) is 20.2. The number of rotatable bonds is 13. The van der Waals surface area contributed by atoms with Crippen LogP contribution in [-0.4, -0.2) is 66.0 Å². The fourth-order valence-corrected chi connectivity index (χ4v) is 4.59. The number of carboxylic acids is 1. The van der Waals surface area contributed by atoms with E-state index in [4.69, 9.17) is 28.4 Å². The van der Waals surface area contributed by atoms with E-state index in [9.17, 15) is 25.2 Å². The van der Waals surface area contributed by atoms with E-state index in [1.807, 2.05) is 0 Å². The maximum Gasteiger partial charge on any atom is 0.331 e. The molecule has 1 aliphatic carbocycles. The summed E-state index contributed by atoms with van der Waals surface area (Å²) in [7, 11) is 4.33. The van der Waals surface area contributed by atoms with E-state index in [2.05, 4.69) is 0 Å². The van der Waals surface area contributed by atoms with Crippen LogP contribution >= 0.6 is 0 Å². The van der Waals surface area contributed by atoms with Gasteiger partial charge < -0.3 is 48.8 Å². The zero-order valence-electron chi connectivity index (χ0n) is 23.5. The number of methoxy groups -OCH3 is 3. The lowest BCUT2D eigenvalue weighted by molar-refractivity contribution is -0.149. The van der Waals surface area contributed by atoms with Gasteiger partial charge in [0.25, 0.3) is 0 Å². The first-order valence-electron chi connectivity index (χ1n) is 13.1. The van der Waals surface area contributed by atoms with E-state index in [0.717, 1.165) is 0 Å². The maximum absolute atomic E-state index is 12.1. The highest BCUT2D eigenvalue weighted by molar-refractivity contribution is 5.87. The quantitative estimate of drug-likeness (QED) is 0.228. The molecule has 0 heterocycles. The first-order valence-corrected chi connectivity index (χ1v) is 13.1. The summed E-state index contributed by atoms with van der Waals surface area (Å²) in [5.41, 5.74) is 2.22. The van der Waals surface area contributed by atoms with Gasteiger partial charge in [-0.15, -0.1) is 0 Å². The Balaban J connectivity index is 1.60.